The van der Waals surface area contributed by atoms with Crippen LogP contribution in [0.1, 0.15) is 29.2 Å². The standard InChI is InChI=1S/C18H23N5O2/c24-18(22-7-2-3-15(13-22)23-8-6-19-14-23)16-4-1-5-20-17(16)21-9-11-25-12-10-21/h1,4-6,8,14-15H,2-3,7,9-13H2/t15-/m1/s1. The van der Waals surface area contributed by atoms with Crippen molar-refractivity contribution >= 4 is 11.7 Å². The first-order valence-corrected chi connectivity index (χ1v) is 8.87. The summed E-state index contributed by atoms with van der Waals surface area (Å²) in [5, 5.41) is 0. The van der Waals surface area contributed by atoms with Crippen LogP contribution >= 0.6 is 0 Å². The van der Waals surface area contributed by atoms with Crippen LogP contribution in [0.4, 0.5) is 5.82 Å². The fourth-order valence-corrected chi connectivity index (χ4v) is 3.63. The number of likely N-dealkylation sites (tertiary alicyclic amines) is 1. The monoisotopic (exact) mass is 341 g/mol. The number of carbonyl (C=O) groups is 1. The highest BCUT2D eigenvalue weighted by molar-refractivity contribution is 5.99. The molecule has 4 rings (SSSR count). The number of imidazole rings is 1. The van der Waals surface area contributed by atoms with Crippen LogP contribution in [-0.4, -0.2) is 64.7 Å². The Balaban J connectivity index is 1.54. The molecule has 2 fully saturated rings. The lowest BCUT2D eigenvalue weighted by Crippen LogP contribution is -2.42. The molecule has 132 valence electrons. The molecule has 7 nitrogen and oxygen atoms in total. The molecule has 1 amide bonds. The Morgan fingerprint density at radius 2 is 2.08 bits per heavy atom. The summed E-state index contributed by atoms with van der Waals surface area (Å²) in [7, 11) is 0. The molecule has 2 saturated heterocycles. The third kappa shape index (κ3) is 3.37. The van der Waals surface area contributed by atoms with Gasteiger partial charge in [0.2, 0.25) is 0 Å². The lowest BCUT2D eigenvalue weighted by Gasteiger charge is -2.35. The zero-order valence-electron chi connectivity index (χ0n) is 14.3. The smallest absolute Gasteiger partial charge is 0.257 e. The minimum absolute atomic E-state index is 0.0689. The van der Waals surface area contributed by atoms with Crippen molar-refractivity contribution in [2.45, 2.75) is 18.9 Å². The van der Waals surface area contributed by atoms with Crippen molar-refractivity contribution in [3.8, 4) is 0 Å². The molecule has 0 radical (unpaired) electrons. The van der Waals surface area contributed by atoms with Crippen LogP contribution < -0.4 is 4.90 Å². The molecule has 1 atom stereocenters. The Morgan fingerprint density at radius 1 is 1.20 bits per heavy atom. The van der Waals surface area contributed by atoms with E-state index in [0.29, 0.717) is 31.4 Å². The van der Waals surface area contributed by atoms with Crippen molar-refractivity contribution in [2.75, 3.05) is 44.3 Å². The molecule has 2 aromatic heterocycles. The van der Waals surface area contributed by atoms with E-state index in [1.54, 1.807) is 12.4 Å². The van der Waals surface area contributed by atoms with Gasteiger partial charge in [-0.3, -0.25) is 4.79 Å². The molecule has 0 aromatic carbocycles. The molecule has 25 heavy (non-hydrogen) atoms. The zero-order chi connectivity index (χ0) is 17.1. The van der Waals surface area contributed by atoms with E-state index < -0.39 is 0 Å². The molecule has 0 saturated carbocycles. The number of aromatic nitrogens is 3. The molecule has 2 aromatic rings. The van der Waals surface area contributed by atoms with E-state index >= 15 is 0 Å². The van der Waals surface area contributed by atoms with Crippen molar-refractivity contribution in [1.29, 1.82) is 0 Å². The third-order valence-electron chi connectivity index (χ3n) is 4.96. The molecule has 0 spiro atoms. The van der Waals surface area contributed by atoms with E-state index in [1.165, 1.54) is 0 Å². The van der Waals surface area contributed by atoms with Gasteiger partial charge in [0.1, 0.15) is 5.82 Å². The van der Waals surface area contributed by atoms with Crippen LogP contribution in [-0.2, 0) is 4.74 Å². The lowest BCUT2D eigenvalue weighted by atomic mass is 10.0. The summed E-state index contributed by atoms with van der Waals surface area (Å²) >= 11 is 0. The summed E-state index contributed by atoms with van der Waals surface area (Å²) in [5.41, 5.74) is 0.690. The van der Waals surface area contributed by atoms with Crippen LogP contribution in [0.15, 0.2) is 37.1 Å². The Labute approximate surface area is 147 Å². The summed E-state index contributed by atoms with van der Waals surface area (Å²) in [6.45, 7) is 4.41. The predicted octanol–water partition coefficient (Wildman–Crippen LogP) is 1.59. The predicted molar refractivity (Wildman–Crippen MR) is 93.7 cm³/mol. The topological polar surface area (TPSA) is 63.5 Å². The molecular weight excluding hydrogens is 318 g/mol. The highest BCUT2D eigenvalue weighted by Crippen LogP contribution is 2.25. The second-order valence-electron chi connectivity index (χ2n) is 6.53. The number of hydrogen-bond donors (Lipinski definition) is 0. The van der Waals surface area contributed by atoms with Gasteiger partial charge in [-0.2, -0.15) is 0 Å². The third-order valence-corrected chi connectivity index (χ3v) is 4.96. The van der Waals surface area contributed by atoms with Crippen LogP contribution in [0, 0.1) is 0 Å². The Kier molecular flexibility index (Phi) is 4.65. The molecule has 2 aliphatic heterocycles. The lowest BCUT2D eigenvalue weighted by molar-refractivity contribution is 0.0678. The van der Waals surface area contributed by atoms with E-state index in [4.69, 9.17) is 4.74 Å². The van der Waals surface area contributed by atoms with E-state index in [0.717, 1.165) is 38.3 Å². The van der Waals surface area contributed by atoms with Crippen LogP contribution in [0.2, 0.25) is 0 Å². The number of pyridine rings is 1. The van der Waals surface area contributed by atoms with Crippen molar-refractivity contribution in [1.82, 2.24) is 19.4 Å². The van der Waals surface area contributed by atoms with Crippen molar-refractivity contribution in [3.05, 3.63) is 42.6 Å². The number of amides is 1. The SMILES string of the molecule is O=C(c1cccnc1N1CCOCC1)N1CCC[C@@H](n2ccnc2)C1. The Morgan fingerprint density at radius 3 is 2.88 bits per heavy atom. The zero-order valence-corrected chi connectivity index (χ0v) is 14.3. The van der Waals surface area contributed by atoms with Gasteiger partial charge in [-0.1, -0.05) is 0 Å². The number of anilines is 1. The first-order valence-electron chi connectivity index (χ1n) is 8.87. The molecule has 0 bridgehead atoms. The van der Waals surface area contributed by atoms with E-state index in [-0.39, 0.29) is 5.91 Å². The van der Waals surface area contributed by atoms with Gasteiger partial charge in [-0.15, -0.1) is 0 Å². The maximum absolute atomic E-state index is 13.2. The summed E-state index contributed by atoms with van der Waals surface area (Å²) in [5.74, 6) is 0.847. The Bertz CT molecular complexity index is 712. The maximum atomic E-state index is 13.2. The van der Waals surface area contributed by atoms with Gasteiger partial charge in [0, 0.05) is 44.8 Å². The molecule has 7 heteroatoms. The molecule has 4 heterocycles. The number of nitrogens with zero attached hydrogens (tertiary/aromatic N) is 5. The average Bonchev–Trinajstić information content (AvgIpc) is 3.23. The second-order valence-corrected chi connectivity index (χ2v) is 6.53. The normalized spacial score (nSPS) is 21.4. The van der Waals surface area contributed by atoms with Gasteiger partial charge in [-0.25, -0.2) is 9.97 Å². The van der Waals surface area contributed by atoms with Gasteiger partial charge in [0.25, 0.3) is 5.91 Å². The summed E-state index contributed by atoms with van der Waals surface area (Å²) < 4.78 is 7.52. The Hall–Kier alpha value is -2.41. The number of rotatable bonds is 3. The van der Waals surface area contributed by atoms with Gasteiger partial charge in [0.15, 0.2) is 0 Å². The number of morpholine rings is 1. The maximum Gasteiger partial charge on any atom is 0.257 e. The average molecular weight is 341 g/mol. The summed E-state index contributed by atoms with van der Waals surface area (Å²) in [4.78, 5) is 25.9. The minimum atomic E-state index is 0.0689. The van der Waals surface area contributed by atoms with Crippen LogP contribution in [0.25, 0.3) is 0 Å². The fourth-order valence-electron chi connectivity index (χ4n) is 3.63. The molecule has 2 aliphatic rings. The number of hydrogen-bond acceptors (Lipinski definition) is 5. The summed E-state index contributed by atoms with van der Waals surface area (Å²) in [6.07, 6.45) is 9.43. The van der Waals surface area contributed by atoms with E-state index in [9.17, 15) is 4.79 Å². The fraction of sp³-hybridized carbons (Fsp3) is 0.500. The minimum Gasteiger partial charge on any atom is -0.378 e. The second kappa shape index (κ2) is 7.23. The number of carbonyl (C=O) groups excluding carboxylic acids is 1. The van der Waals surface area contributed by atoms with Gasteiger partial charge < -0.3 is 19.1 Å². The van der Waals surface area contributed by atoms with Crippen molar-refractivity contribution in [3.63, 3.8) is 0 Å². The van der Waals surface area contributed by atoms with Crippen molar-refractivity contribution < 1.29 is 9.53 Å². The van der Waals surface area contributed by atoms with Gasteiger partial charge in [0.05, 0.1) is 31.1 Å². The molecular formula is C18H23N5O2. The van der Waals surface area contributed by atoms with E-state index in [2.05, 4.69) is 19.4 Å². The molecule has 0 aliphatic carbocycles. The molecule has 0 unspecified atom stereocenters. The van der Waals surface area contributed by atoms with Crippen LogP contribution in [0.5, 0.6) is 0 Å². The van der Waals surface area contributed by atoms with Gasteiger partial charge >= 0.3 is 0 Å². The van der Waals surface area contributed by atoms with Gasteiger partial charge in [-0.05, 0) is 25.0 Å². The number of ether oxygens (including phenoxy) is 1. The van der Waals surface area contributed by atoms with E-state index in [1.807, 2.05) is 29.6 Å². The van der Waals surface area contributed by atoms with Crippen LogP contribution in [0.3, 0.4) is 0 Å². The highest BCUT2D eigenvalue weighted by atomic mass is 16.5. The summed E-state index contributed by atoms with van der Waals surface area (Å²) in [6, 6.07) is 4.03. The molecule has 0 N–H and O–H groups in total. The first-order chi connectivity index (χ1) is 12.3. The first kappa shape index (κ1) is 16.1. The highest BCUT2D eigenvalue weighted by Gasteiger charge is 2.28. The number of piperidine rings is 1. The van der Waals surface area contributed by atoms with Crippen molar-refractivity contribution in [2.24, 2.45) is 0 Å². The quantitative estimate of drug-likeness (QED) is 0.848. The largest absolute Gasteiger partial charge is 0.378 e.